The van der Waals surface area contributed by atoms with Crippen molar-refractivity contribution in [1.82, 2.24) is 15.5 Å². The van der Waals surface area contributed by atoms with Crippen molar-refractivity contribution in [3.8, 4) is 28.7 Å². The number of ether oxygens (including phenoxy) is 1. The third-order valence-electron chi connectivity index (χ3n) is 6.46. The molecule has 0 aliphatic carbocycles. The molecule has 0 saturated heterocycles. The fourth-order valence-electron chi connectivity index (χ4n) is 4.36. The van der Waals surface area contributed by atoms with Crippen LogP contribution in [0.2, 0.25) is 0 Å². The standard InChI is InChI=1S/C31H33N5O5S/c1-30(2,3)41-29(37)33-31(4,19-21-12-8-7-9-13-21)28-35-34-27(40-28)24-16-23(26-15-11-10-14-22(26)20-32)17-25(18-24)36(5)42(6,38)39/h7-18H,19H2,1-6H3,(H,33,37)/t31-/m1/s1. The first-order chi connectivity index (χ1) is 19.7. The molecule has 0 spiro atoms. The highest BCUT2D eigenvalue weighted by atomic mass is 32.2. The van der Waals surface area contributed by atoms with Crippen LogP contribution in [0.5, 0.6) is 0 Å². The summed E-state index contributed by atoms with van der Waals surface area (Å²) in [6.45, 7) is 7.08. The number of sulfonamides is 1. The molecule has 10 nitrogen and oxygen atoms in total. The van der Waals surface area contributed by atoms with E-state index in [4.69, 9.17) is 9.15 Å². The predicted molar refractivity (Wildman–Crippen MR) is 160 cm³/mol. The number of amides is 1. The number of hydrogen-bond acceptors (Lipinski definition) is 8. The fourth-order valence-corrected chi connectivity index (χ4v) is 4.85. The molecule has 4 rings (SSSR count). The van der Waals surface area contributed by atoms with Gasteiger partial charge in [0.2, 0.25) is 21.8 Å². The molecule has 0 bridgehead atoms. The van der Waals surface area contributed by atoms with Crippen molar-refractivity contribution < 1.29 is 22.4 Å². The minimum atomic E-state index is -3.61. The van der Waals surface area contributed by atoms with Crippen molar-refractivity contribution in [3.63, 3.8) is 0 Å². The van der Waals surface area contributed by atoms with Crippen LogP contribution in [0.3, 0.4) is 0 Å². The molecular weight excluding hydrogens is 554 g/mol. The summed E-state index contributed by atoms with van der Waals surface area (Å²) < 4.78 is 37.7. The van der Waals surface area contributed by atoms with Gasteiger partial charge in [-0.1, -0.05) is 48.5 Å². The Morgan fingerprint density at radius 2 is 1.64 bits per heavy atom. The van der Waals surface area contributed by atoms with Crippen LogP contribution in [0.25, 0.3) is 22.6 Å². The molecule has 0 fully saturated rings. The molecule has 42 heavy (non-hydrogen) atoms. The van der Waals surface area contributed by atoms with Crippen LogP contribution in [-0.4, -0.2) is 43.6 Å². The monoisotopic (exact) mass is 587 g/mol. The van der Waals surface area contributed by atoms with Gasteiger partial charge in [-0.3, -0.25) is 4.31 Å². The molecular formula is C31H33N5O5S. The molecule has 1 atom stereocenters. The largest absolute Gasteiger partial charge is 0.444 e. The number of hydrogen-bond donors (Lipinski definition) is 1. The Morgan fingerprint density at radius 3 is 2.29 bits per heavy atom. The lowest BCUT2D eigenvalue weighted by molar-refractivity contribution is 0.0443. The number of nitriles is 1. The molecule has 1 amide bonds. The lowest BCUT2D eigenvalue weighted by atomic mass is 9.92. The SMILES string of the molecule is CN(c1cc(-c2nnc([C@@](C)(Cc3ccccc3)NC(=O)OC(C)(C)C)o2)cc(-c2ccccc2C#N)c1)S(C)(=O)=O. The summed E-state index contributed by atoms with van der Waals surface area (Å²) in [5.74, 6) is 0.239. The van der Waals surface area contributed by atoms with Crippen LogP contribution in [-0.2, 0) is 26.7 Å². The van der Waals surface area contributed by atoms with Gasteiger partial charge in [0, 0.05) is 19.0 Å². The second-order valence-electron chi connectivity index (χ2n) is 11.2. The van der Waals surface area contributed by atoms with Crippen LogP contribution < -0.4 is 9.62 Å². The zero-order chi connectivity index (χ0) is 30.7. The Kier molecular flexibility index (Phi) is 8.40. The van der Waals surface area contributed by atoms with Crippen LogP contribution in [0, 0.1) is 11.3 Å². The molecule has 218 valence electrons. The summed E-state index contributed by atoms with van der Waals surface area (Å²) in [5, 5.41) is 21.2. The average Bonchev–Trinajstić information content (AvgIpc) is 3.43. The van der Waals surface area contributed by atoms with E-state index in [1.807, 2.05) is 30.3 Å². The number of nitrogens with zero attached hydrogens (tertiary/aromatic N) is 4. The maximum Gasteiger partial charge on any atom is 0.408 e. The van der Waals surface area contributed by atoms with Gasteiger partial charge in [0.05, 0.1) is 23.6 Å². The first-order valence-corrected chi connectivity index (χ1v) is 15.0. The number of aromatic nitrogens is 2. The third kappa shape index (κ3) is 7.14. The van der Waals surface area contributed by atoms with Gasteiger partial charge in [-0.2, -0.15) is 5.26 Å². The molecule has 4 aromatic rings. The van der Waals surface area contributed by atoms with Gasteiger partial charge in [-0.05, 0) is 68.7 Å². The van der Waals surface area contributed by atoms with Crippen LogP contribution in [0.1, 0.15) is 44.7 Å². The Bertz CT molecular complexity index is 1740. The number of anilines is 1. The van der Waals surface area contributed by atoms with Gasteiger partial charge >= 0.3 is 6.09 Å². The maximum atomic E-state index is 12.9. The summed E-state index contributed by atoms with van der Waals surface area (Å²) in [6.07, 6.45) is 0.782. The van der Waals surface area contributed by atoms with Crippen LogP contribution in [0.15, 0.2) is 77.2 Å². The van der Waals surface area contributed by atoms with Crippen molar-refractivity contribution >= 4 is 21.8 Å². The van der Waals surface area contributed by atoms with Crippen molar-refractivity contribution in [2.75, 3.05) is 17.6 Å². The van der Waals surface area contributed by atoms with E-state index in [9.17, 15) is 18.5 Å². The molecule has 11 heteroatoms. The summed E-state index contributed by atoms with van der Waals surface area (Å²) in [4.78, 5) is 12.9. The number of carbonyl (C=O) groups excluding carboxylic acids is 1. The van der Waals surface area contributed by atoms with Crippen LogP contribution >= 0.6 is 0 Å². The molecule has 1 N–H and O–H groups in total. The number of nitrogens with one attached hydrogen (secondary N) is 1. The van der Waals surface area contributed by atoms with Gasteiger partial charge < -0.3 is 14.5 Å². The van der Waals surface area contributed by atoms with Gasteiger partial charge in [0.1, 0.15) is 11.1 Å². The van der Waals surface area contributed by atoms with E-state index in [2.05, 4.69) is 21.6 Å². The number of benzene rings is 3. The lowest BCUT2D eigenvalue weighted by Crippen LogP contribution is -2.47. The van der Waals surface area contributed by atoms with Crippen molar-refractivity contribution in [2.24, 2.45) is 0 Å². The average molecular weight is 588 g/mol. The summed E-state index contributed by atoms with van der Waals surface area (Å²) in [7, 11) is -2.17. The van der Waals surface area contributed by atoms with E-state index in [1.165, 1.54) is 7.05 Å². The summed E-state index contributed by atoms with van der Waals surface area (Å²) >= 11 is 0. The highest BCUT2D eigenvalue weighted by Gasteiger charge is 2.37. The minimum absolute atomic E-state index is 0.106. The van der Waals surface area contributed by atoms with Gasteiger partial charge in [0.25, 0.3) is 0 Å². The highest BCUT2D eigenvalue weighted by Crippen LogP contribution is 2.35. The normalized spacial score (nSPS) is 13.1. The number of alkyl carbamates (subject to hydrolysis) is 1. The molecule has 0 unspecified atom stereocenters. The predicted octanol–water partition coefficient (Wildman–Crippen LogP) is 5.65. The molecule has 0 saturated carbocycles. The van der Waals surface area contributed by atoms with E-state index < -0.39 is 27.3 Å². The Labute approximate surface area is 246 Å². The molecule has 1 heterocycles. The minimum Gasteiger partial charge on any atom is -0.444 e. The van der Waals surface area contributed by atoms with E-state index in [0.717, 1.165) is 16.1 Å². The molecule has 0 radical (unpaired) electrons. The van der Waals surface area contributed by atoms with Crippen molar-refractivity contribution in [1.29, 1.82) is 5.26 Å². The second-order valence-corrected chi connectivity index (χ2v) is 13.2. The zero-order valence-electron chi connectivity index (χ0n) is 24.4. The van der Waals surface area contributed by atoms with Crippen molar-refractivity contribution in [3.05, 3.63) is 89.8 Å². The van der Waals surface area contributed by atoms with E-state index in [-0.39, 0.29) is 11.8 Å². The molecule has 1 aromatic heterocycles. The Hall–Kier alpha value is -4.69. The summed E-state index contributed by atoms with van der Waals surface area (Å²) in [6, 6.07) is 23.8. The lowest BCUT2D eigenvalue weighted by Gasteiger charge is -2.29. The smallest absolute Gasteiger partial charge is 0.408 e. The van der Waals surface area contributed by atoms with E-state index in [0.29, 0.717) is 34.4 Å². The van der Waals surface area contributed by atoms with Crippen LogP contribution in [0.4, 0.5) is 10.5 Å². The third-order valence-corrected chi connectivity index (χ3v) is 7.66. The summed E-state index contributed by atoms with van der Waals surface area (Å²) in [5.41, 5.74) is 1.46. The highest BCUT2D eigenvalue weighted by molar-refractivity contribution is 7.92. The number of rotatable bonds is 8. The van der Waals surface area contributed by atoms with Gasteiger partial charge in [0.15, 0.2) is 0 Å². The topological polar surface area (TPSA) is 138 Å². The van der Waals surface area contributed by atoms with Gasteiger partial charge in [-0.25, -0.2) is 13.2 Å². The molecule has 0 aliphatic rings. The van der Waals surface area contributed by atoms with E-state index >= 15 is 0 Å². The first kappa shape index (κ1) is 30.3. The Morgan fingerprint density at radius 1 is 1.00 bits per heavy atom. The molecule has 3 aromatic carbocycles. The van der Waals surface area contributed by atoms with Crippen molar-refractivity contribution in [2.45, 2.75) is 45.3 Å². The number of carbonyl (C=O) groups is 1. The van der Waals surface area contributed by atoms with E-state index in [1.54, 1.807) is 70.2 Å². The zero-order valence-corrected chi connectivity index (χ0v) is 25.2. The Balaban J connectivity index is 1.82. The van der Waals surface area contributed by atoms with Gasteiger partial charge in [-0.15, -0.1) is 10.2 Å². The maximum absolute atomic E-state index is 12.9. The quantitative estimate of drug-likeness (QED) is 0.279. The first-order valence-electron chi connectivity index (χ1n) is 13.2. The molecule has 0 aliphatic heterocycles. The fraction of sp³-hybridized carbons (Fsp3) is 0.290. The second kappa shape index (κ2) is 11.7.